The van der Waals surface area contributed by atoms with Crippen molar-refractivity contribution < 1.29 is 0 Å². The van der Waals surface area contributed by atoms with Crippen molar-refractivity contribution in [2.45, 2.75) is 37.5 Å². The van der Waals surface area contributed by atoms with Crippen LogP contribution in [0.4, 0.5) is 0 Å². The zero-order chi connectivity index (χ0) is 32.4. The molecule has 0 aliphatic heterocycles. The van der Waals surface area contributed by atoms with E-state index in [1.54, 1.807) is 5.56 Å². The lowest BCUT2D eigenvalue weighted by Crippen LogP contribution is -2.27. The maximum atomic E-state index is 4.97. The Kier molecular flexibility index (Phi) is 6.60. The van der Waals surface area contributed by atoms with Gasteiger partial charge in [0, 0.05) is 42.3 Å². The predicted molar refractivity (Wildman–Crippen MR) is 204 cm³/mol. The Hall–Kier alpha value is -5.45. The fourth-order valence-corrected chi connectivity index (χ4v) is 9.56. The van der Waals surface area contributed by atoms with E-state index in [-0.39, 0.29) is 5.41 Å². The summed E-state index contributed by atoms with van der Waals surface area (Å²) in [6, 6.07) is 50.3. The highest BCUT2D eigenvalue weighted by atomic mass is 32.1. The number of aromatic nitrogens is 3. The highest BCUT2D eigenvalue weighted by molar-refractivity contribution is 7.25. The van der Waals surface area contributed by atoms with Gasteiger partial charge < -0.3 is 0 Å². The molecule has 8 aromatic rings. The van der Waals surface area contributed by atoms with Crippen LogP contribution in [0.15, 0.2) is 140 Å². The molecule has 1 spiro atoms. The van der Waals surface area contributed by atoms with Crippen LogP contribution in [0.25, 0.3) is 76.6 Å². The molecule has 2 heterocycles. The van der Waals surface area contributed by atoms with Crippen molar-refractivity contribution in [3.63, 3.8) is 0 Å². The number of benzene rings is 6. The summed E-state index contributed by atoms with van der Waals surface area (Å²) in [5.74, 6) is 2.04. The average Bonchev–Trinajstić information content (AvgIpc) is 3.67. The first-order chi connectivity index (χ1) is 24.2. The van der Waals surface area contributed by atoms with Crippen molar-refractivity contribution in [2.24, 2.45) is 0 Å². The summed E-state index contributed by atoms with van der Waals surface area (Å²) in [4.78, 5) is 14.8. The second kappa shape index (κ2) is 11.3. The number of nitrogens with zero attached hydrogens (tertiary/aromatic N) is 3. The largest absolute Gasteiger partial charge is 0.208 e. The Bertz CT molecular complexity index is 2470. The molecule has 0 N–H and O–H groups in total. The van der Waals surface area contributed by atoms with Gasteiger partial charge in [-0.3, -0.25) is 0 Å². The molecule has 6 aromatic carbocycles. The third-order valence-electron chi connectivity index (χ3n) is 10.7. The Morgan fingerprint density at radius 2 is 0.918 bits per heavy atom. The maximum Gasteiger partial charge on any atom is 0.164 e. The minimum atomic E-state index is 0.193. The standard InChI is InChI=1S/C45H33N3S/c1-4-12-29(13-5-1)42-46-43(30-14-6-2-7-15-30)48-44(47-42)33-19-22-36-35-21-18-32(27-40(35)49-41(36)28-33)31-20-23-39-37(26-31)34-16-8-9-17-38(34)45(39)24-10-3-11-25-45/h1-2,4-9,12-23,26-28H,3,10-11,24-25H2. The van der Waals surface area contributed by atoms with Crippen LogP contribution in [0.5, 0.6) is 0 Å². The second-order valence-electron chi connectivity index (χ2n) is 13.5. The fourth-order valence-electron chi connectivity index (χ4n) is 8.37. The molecule has 2 aliphatic carbocycles. The van der Waals surface area contributed by atoms with Crippen molar-refractivity contribution >= 4 is 31.5 Å². The molecule has 234 valence electrons. The third kappa shape index (κ3) is 4.66. The van der Waals surface area contributed by atoms with Crippen LogP contribution in [0.3, 0.4) is 0 Å². The summed E-state index contributed by atoms with van der Waals surface area (Å²) in [5, 5.41) is 2.55. The molecule has 2 aliphatic rings. The Morgan fingerprint density at radius 3 is 1.59 bits per heavy atom. The van der Waals surface area contributed by atoms with Gasteiger partial charge in [-0.05, 0) is 64.4 Å². The van der Waals surface area contributed by atoms with Gasteiger partial charge in [-0.15, -0.1) is 11.3 Å². The number of hydrogen-bond donors (Lipinski definition) is 0. The zero-order valence-corrected chi connectivity index (χ0v) is 27.9. The summed E-state index contributed by atoms with van der Waals surface area (Å²) < 4.78 is 2.52. The van der Waals surface area contributed by atoms with E-state index >= 15 is 0 Å². The first-order valence-corrected chi connectivity index (χ1v) is 18.1. The summed E-state index contributed by atoms with van der Waals surface area (Å²) >= 11 is 1.84. The maximum absolute atomic E-state index is 4.97. The lowest BCUT2D eigenvalue weighted by atomic mass is 9.68. The highest BCUT2D eigenvalue weighted by Gasteiger charge is 2.43. The Balaban J connectivity index is 1.05. The van der Waals surface area contributed by atoms with Crippen LogP contribution in [-0.2, 0) is 5.41 Å². The number of fused-ring (bicyclic) bond motifs is 8. The third-order valence-corrected chi connectivity index (χ3v) is 11.9. The summed E-state index contributed by atoms with van der Waals surface area (Å²) in [6.07, 6.45) is 6.51. The van der Waals surface area contributed by atoms with E-state index in [9.17, 15) is 0 Å². The molecular weight excluding hydrogens is 615 g/mol. The van der Waals surface area contributed by atoms with Crippen LogP contribution in [-0.4, -0.2) is 15.0 Å². The van der Waals surface area contributed by atoms with Crippen LogP contribution < -0.4 is 0 Å². The molecule has 0 radical (unpaired) electrons. The van der Waals surface area contributed by atoms with Crippen LogP contribution in [0.1, 0.15) is 43.2 Å². The minimum Gasteiger partial charge on any atom is -0.208 e. The quantitative estimate of drug-likeness (QED) is 0.191. The Labute approximate surface area is 290 Å². The molecule has 1 fully saturated rings. The molecule has 0 atom stereocenters. The van der Waals surface area contributed by atoms with Gasteiger partial charge in [0.2, 0.25) is 0 Å². The summed E-state index contributed by atoms with van der Waals surface area (Å²) in [7, 11) is 0. The molecule has 0 amide bonds. The highest BCUT2D eigenvalue weighted by Crippen LogP contribution is 2.56. The summed E-state index contributed by atoms with van der Waals surface area (Å²) in [5.41, 5.74) is 11.6. The fraction of sp³-hybridized carbons (Fsp3) is 0.133. The van der Waals surface area contributed by atoms with E-state index < -0.39 is 0 Å². The average molecular weight is 648 g/mol. The van der Waals surface area contributed by atoms with Gasteiger partial charge in [0.15, 0.2) is 17.5 Å². The van der Waals surface area contributed by atoms with Gasteiger partial charge >= 0.3 is 0 Å². The molecule has 49 heavy (non-hydrogen) atoms. The monoisotopic (exact) mass is 647 g/mol. The molecule has 2 aromatic heterocycles. The first-order valence-electron chi connectivity index (χ1n) is 17.3. The van der Waals surface area contributed by atoms with Crippen LogP contribution in [0, 0.1) is 0 Å². The van der Waals surface area contributed by atoms with Crippen molar-refractivity contribution in [3.05, 3.63) is 151 Å². The first kappa shape index (κ1) is 28.6. The lowest BCUT2D eigenvalue weighted by Gasteiger charge is -2.36. The van der Waals surface area contributed by atoms with Crippen molar-refractivity contribution in [1.82, 2.24) is 15.0 Å². The number of thiophene rings is 1. The van der Waals surface area contributed by atoms with E-state index in [4.69, 9.17) is 15.0 Å². The molecule has 1 saturated carbocycles. The molecule has 10 rings (SSSR count). The van der Waals surface area contributed by atoms with E-state index in [2.05, 4.69) is 103 Å². The topological polar surface area (TPSA) is 38.7 Å². The zero-order valence-electron chi connectivity index (χ0n) is 27.1. The van der Waals surface area contributed by atoms with Gasteiger partial charge in [0.25, 0.3) is 0 Å². The van der Waals surface area contributed by atoms with Crippen LogP contribution in [0.2, 0.25) is 0 Å². The van der Waals surface area contributed by atoms with E-state index in [0.717, 1.165) is 16.7 Å². The van der Waals surface area contributed by atoms with Crippen molar-refractivity contribution in [2.75, 3.05) is 0 Å². The molecule has 0 unspecified atom stereocenters. The number of hydrogen-bond acceptors (Lipinski definition) is 4. The molecule has 4 heteroatoms. The van der Waals surface area contributed by atoms with Gasteiger partial charge in [-0.25, -0.2) is 15.0 Å². The second-order valence-corrected chi connectivity index (χ2v) is 14.6. The van der Waals surface area contributed by atoms with Gasteiger partial charge in [-0.1, -0.05) is 141 Å². The molecule has 0 saturated heterocycles. The normalized spacial score (nSPS) is 14.7. The minimum absolute atomic E-state index is 0.193. The van der Waals surface area contributed by atoms with Gasteiger partial charge in [0.1, 0.15) is 0 Å². The van der Waals surface area contributed by atoms with E-state index in [1.165, 1.54) is 80.1 Å². The van der Waals surface area contributed by atoms with Crippen molar-refractivity contribution in [1.29, 1.82) is 0 Å². The molecule has 3 nitrogen and oxygen atoms in total. The van der Waals surface area contributed by atoms with Crippen molar-refractivity contribution in [3.8, 4) is 56.4 Å². The van der Waals surface area contributed by atoms with E-state index in [1.807, 2.05) is 47.7 Å². The van der Waals surface area contributed by atoms with Crippen LogP contribution >= 0.6 is 11.3 Å². The van der Waals surface area contributed by atoms with E-state index in [0.29, 0.717) is 17.5 Å². The van der Waals surface area contributed by atoms with Gasteiger partial charge in [-0.2, -0.15) is 0 Å². The Morgan fingerprint density at radius 1 is 0.408 bits per heavy atom. The lowest BCUT2D eigenvalue weighted by molar-refractivity contribution is 0.353. The SMILES string of the molecule is c1ccc(-c2nc(-c3ccccc3)nc(-c3ccc4c(c3)sc3cc(-c5ccc6c(c5)-c5ccccc5C65CCCCC5)ccc34)n2)cc1. The van der Waals surface area contributed by atoms with Gasteiger partial charge in [0.05, 0.1) is 0 Å². The summed E-state index contributed by atoms with van der Waals surface area (Å²) in [6.45, 7) is 0. The predicted octanol–water partition coefficient (Wildman–Crippen LogP) is 12.1. The molecule has 0 bridgehead atoms. The smallest absolute Gasteiger partial charge is 0.164 e. The molecular formula is C45H33N3S. The number of rotatable bonds is 4.